The van der Waals surface area contributed by atoms with Crippen molar-refractivity contribution in [1.82, 2.24) is 14.8 Å². The van der Waals surface area contributed by atoms with E-state index in [4.69, 9.17) is 16.3 Å². The van der Waals surface area contributed by atoms with E-state index in [1.54, 1.807) is 55.6 Å². The minimum Gasteiger partial charge on any atom is -0.497 e. The van der Waals surface area contributed by atoms with Crippen LogP contribution in [0.1, 0.15) is 22.3 Å². The number of aliphatic hydroxyl groups excluding tert-OH is 1. The van der Waals surface area contributed by atoms with E-state index < -0.39 is 12.0 Å². The van der Waals surface area contributed by atoms with E-state index in [9.17, 15) is 9.90 Å². The highest BCUT2D eigenvalue weighted by Gasteiger charge is 2.14. The van der Waals surface area contributed by atoms with Crippen LogP contribution in [-0.2, 0) is 6.54 Å². The molecule has 1 heterocycles. The van der Waals surface area contributed by atoms with Crippen LogP contribution in [0, 0.1) is 0 Å². The zero-order valence-electron chi connectivity index (χ0n) is 14.0. The fourth-order valence-corrected chi connectivity index (χ4v) is 2.44. The first kappa shape index (κ1) is 17.9. The Morgan fingerprint density at radius 3 is 2.58 bits per heavy atom. The molecule has 3 rings (SSSR count). The molecular weight excluding hydrogens is 356 g/mol. The number of carbonyl (C=O) groups excluding carboxylic acids is 1. The van der Waals surface area contributed by atoms with Crippen LogP contribution in [0.25, 0.3) is 0 Å². The fourth-order valence-electron chi connectivity index (χ4n) is 2.32. The maximum absolute atomic E-state index is 12.2. The number of amides is 1. The number of rotatable bonds is 6. The third-order valence-electron chi connectivity index (χ3n) is 3.70. The molecule has 0 spiro atoms. The Kier molecular flexibility index (Phi) is 5.50. The first-order valence-electron chi connectivity index (χ1n) is 7.83. The van der Waals surface area contributed by atoms with Crippen molar-refractivity contribution in [3.05, 3.63) is 71.3 Å². The average molecular weight is 373 g/mol. The molecule has 0 saturated heterocycles. The number of ether oxygens (including phenoxy) is 1. The first-order valence-corrected chi connectivity index (χ1v) is 8.21. The summed E-state index contributed by atoms with van der Waals surface area (Å²) in [7, 11) is 1.58. The van der Waals surface area contributed by atoms with Crippen molar-refractivity contribution < 1.29 is 14.6 Å². The van der Waals surface area contributed by atoms with E-state index in [1.807, 2.05) is 0 Å². The van der Waals surface area contributed by atoms with Gasteiger partial charge in [0.25, 0.3) is 5.91 Å². The Morgan fingerprint density at radius 1 is 1.23 bits per heavy atom. The van der Waals surface area contributed by atoms with Gasteiger partial charge in [-0.15, -0.1) is 5.10 Å². The minimum absolute atomic E-state index is 0.0156. The highest BCUT2D eigenvalue weighted by atomic mass is 35.5. The van der Waals surface area contributed by atoms with Crippen molar-refractivity contribution in [3.8, 4) is 5.75 Å². The van der Waals surface area contributed by atoms with Gasteiger partial charge in [0.1, 0.15) is 12.1 Å². The summed E-state index contributed by atoms with van der Waals surface area (Å²) in [4.78, 5) is 16.2. The predicted molar refractivity (Wildman–Crippen MR) is 97.4 cm³/mol. The number of nitrogens with zero attached hydrogens (tertiary/aromatic N) is 3. The first-order chi connectivity index (χ1) is 12.5. The summed E-state index contributed by atoms with van der Waals surface area (Å²) in [5.41, 5.74) is 1.31. The summed E-state index contributed by atoms with van der Waals surface area (Å²) in [5, 5.41) is 17.7. The van der Waals surface area contributed by atoms with Crippen molar-refractivity contribution in [1.29, 1.82) is 0 Å². The molecule has 26 heavy (non-hydrogen) atoms. The van der Waals surface area contributed by atoms with E-state index in [0.29, 0.717) is 22.0 Å². The molecule has 0 unspecified atom stereocenters. The quantitative estimate of drug-likeness (QED) is 0.694. The molecule has 2 N–H and O–H groups in total. The van der Waals surface area contributed by atoms with E-state index >= 15 is 0 Å². The van der Waals surface area contributed by atoms with E-state index in [1.165, 1.54) is 11.0 Å². The number of aromatic nitrogens is 3. The maximum atomic E-state index is 12.2. The van der Waals surface area contributed by atoms with Crippen molar-refractivity contribution in [3.63, 3.8) is 0 Å². The van der Waals surface area contributed by atoms with E-state index in [-0.39, 0.29) is 12.4 Å². The number of aliphatic hydroxyl groups is 1. The summed E-state index contributed by atoms with van der Waals surface area (Å²) in [6, 6.07) is 13.8. The standard InChI is InChI=1S/C18H17ClN4O3/c1-26-15-8-2-12(3-9-15)16(24)10-23-11-20-17(22-23)18(25)21-14-6-4-13(19)5-7-14/h2-9,11,16,24H,10H2,1H3,(H,21,25)/t16-/m1/s1. The highest BCUT2D eigenvalue weighted by molar-refractivity contribution is 6.30. The van der Waals surface area contributed by atoms with Gasteiger partial charge >= 0.3 is 0 Å². The molecule has 0 aliphatic rings. The number of benzene rings is 2. The Balaban J connectivity index is 1.63. The predicted octanol–water partition coefficient (Wildman–Crippen LogP) is 2.93. The van der Waals surface area contributed by atoms with Gasteiger partial charge < -0.3 is 15.2 Å². The lowest BCUT2D eigenvalue weighted by Crippen LogP contribution is -2.15. The zero-order valence-corrected chi connectivity index (χ0v) is 14.7. The van der Waals surface area contributed by atoms with Crippen LogP contribution in [0.15, 0.2) is 54.9 Å². The van der Waals surface area contributed by atoms with Gasteiger partial charge in [-0.05, 0) is 42.0 Å². The third kappa shape index (κ3) is 4.38. The molecule has 7 nitrogen and oxygen atoms in total. The van der Waals surface area contributed by atoms with Crippen LogP contribution >= 0.6 is 11.6 Å². The number of carbonyl (C=O) groups is 1. The lowest BCUT2D eigenvalue weighted by molar-refractivity contribution is 0.101. The fraction of sp³-hybridized carbons (Fsp3) is 0.167. The maximum Gasteiger partial charge on any atom is 0.295 e. The lowest BCUT2D eigenvalue weighted by Gasteiger charge is -2.11. The molecule has 2 aromatic carbocycles. The van der Waals surface area contributed by atoms with E-state index in [0.717, 1.165) is 0 Å². The number of methoxy groups -OCH3 is 1. The monoisotopic (exact) mass is 372 g/mol. The van der Waals surface area contributed by atoms with Gasteiger partial charge in [0.05, 0.1) is 19.8 Å². The van der Waals surface area contributed by atoms with E-state index in [2.05, 4.69) is 15.4 Å². The topological polar surface area (TPSA) is 89.3 Å². The molecule has 134 valence electrons. The second kappa shape index (κ2) is 7.99. The van der Waals surface area contributed by atoms with Gasteiger partial charge in [0.15, 0.2) is 0 Å². The highest BCUT2D eigenvalue weighted by Crippen LogP contribution is 2.19. The molecule has 1 amide bonds. The Bertz CT molecular complexity index is 878. The summed E-state index contributed by atoms with van der Waals surface area (Å²) < 4.78 is 6.51. The molecule has 0 radical (unpaired) electrons. The minimum atomic E-state index is -0.783. The molecular formula is C18H17ClN4O3. The summed E-state index contributed by atoms with van der Waals surface area (Å²) >= 11 is 5.81. The molecule has 0 aliphatic heterocycles. The third-order valence-corrected chi connectivity index (χ3v) is 3.95. The molecule has 0 aliphatic carbocycles. The summed E-state index contributed by atoms with van der Waals surface area (Å²) in [6.45, 7) is 0.174. The van der Waals surface area contributed by atoms with Gasteiger partial charge in [0.2, 0.25) is 5.82 Å². The SMILES string of the molecule is COc1ccc([C@H](O)Cn2cnc(C(=O)Nc3ccc(Cl)cc3)n2)cc1. The van der Waals surface area contributed by atoms with Gasteiger partial charge in [-0.2, -0.15) is 0 Å². The molecule has 0 saturated carbocycles. The average Bonchev–Trinajstić information content (AvgIpc) is 3.12. The lowest BCUT2D eigenvalue weighted by atomic mass is 10.1. The molecule has 1 atom stereocenters. The molecule has 0 bridgehead atoms. The van der Waals surface area contributed by atoms with Gasteiger partial charge in [-0.1, -0.05) is 23.7 Å². The molecule has 3 aromatic rings. The Morgan fingerprint density at radius 2 is 1.92 bits per heavy atom. The van der Waals surface area contributed by atoms with Gasteiger partial charge in [0, 0.05) is 10.7 Å². The molecule has 8 heteroatoms. The molecule has 1 aromatic heterocycles. The number of nitrogens with one attached hydrogen (secondary N) is 1. The normalized spacial score (nSPS) is 11.8. The van der Waals surface area contributed by atoms with Crippen LogP contribution in [0.2, 0.25) is 5.02 Å². The Hall–Kier alpha value is -2.90. The van der Waals surface area contributed by atoms with Crippen molar-refractivity contribution >= 4 is 23.2 Å². The largest absolute Gasteiger partial charge is 0.497 e. The summed E-state index contributed by atoms with van der Waals surface area (Å²) in [6.07, 6.45) is 0.624. The second-order valence-electron chi connectivity index (χ2n) is 5.54. The number of hydrogen-bond donors (Lipinski definition) is 2. The Labute approximate surface area is 155 Å². The van der Waals surface area contributed by atoms with Crippen molar-refractivity contribution in [2.45, 2.75) is 12.6 Å². The van der Waals surface area contributed by atoms with Crippen LogP contribution in [0.3, 0.4) is 0 Å². The molecule has 0 fully saturated rings. The van der Waals surface area contributed by atoms with Crippen LogP contribution < -0.4 is 10.1 Å². The van der Waals surface area contributed by atoms with Crippen molar-refractivity contribution in [2.75, 3.05) is 12.4 Å². The number of halogens is 1. The zero-order chi connectivity index (χ0) is 18.5. The van der Waals surface area contributed by atoms with Gasteiger partial charge in [-0.3, -0.25) is 4.79 Å². The number of hydrogen-bond acceptors (Lipinski definition) is 5. The van der Waals surface area contributed by atoms with Crippen molar-refractivity contribution in [2.24, 2.45) is 0 Å². The number of anilines is 1. The van der Waals surface area contributed by atoms with Gasteiger partial charge in [-0.25, -0.2) is 9.67 Å². The van der Waals surface area contributed by atoms with Crippen LogP contribution in [0.5, 0.6) is 5.75 Å². The van der Waals surface area contributed by atoms with Crippen LogP contribution in [0.4, 0.5) is 5.69 Å². The van der Waals surface area contributed by atoms with Crippen LogP contribution in [-0.4, -0.2) is 32.9 Å². The summed E-state index contributed by atoms with van der Waals surface area (Å²) in [5.74, 6) is 0.287. The smallest absolute Gasteiger partial charge is 0.295 e. The second-order valence-corrected chi connectivity index (χ2v) is 5.98.